The lowest BCUT2D eigenvalue weighted by Gasteiger charge is -2.41. The number of ether oxygens (including phenoxy) is 1. The van der Waals surface area contributed by atoms with Gasteiger partial charge in [-0.3, -0.25) is 0 Å². The highest BCUT2D eigenvalue weighted by atomic mass is 19.4. The van der Waals surface area contributed by atoms with Crippen LogP contribution >= 0.6 is 0 Å². The Labute approximate surface area is 91.4 Å². The second-order valence-electron chi connectivity index (χ2n) is 3.88. The molecule has 0 amide bonds. The molecule has 88 valence electrons. The zero-order valence-corrected chi connectivity index (χ0v) is 8.77. The molecule has 0 spiro atoms. The molecule has 1 aromatic rings. The summed E-state index contributed by atoms with van der Waals surface area (Å²) in [5.74, 6) is 0. The summed E-state index contributed by atoms with van der Waals surface area (Å²) >= 11 is 0. The van der Waals surface area contributed by atoms with Gasteiger partial charge in [0, 0.05) is 20.2 Å². The van der Waals surface area contributed by atoms with Crippen LogP contribution in [0.2, 0.25) is 0 Å². The molecule has 1 fully saturated rings. The van der Waals surface area contributed by atoms with Crippen LogP contribution in [0.4, 0.5) is 13.2 Å². The van der Waals surface area contributed by atoms with E-state index in [0.29, 0.717) is 13.1 Å². The van der Waals surface area contributed by atoms with E-state index in [1.807, 2.05) is 0 Å². The molecule has 0 aliphatic carbocycles. The lowest BCUT2D eigenvalue weighted by molar-refractivity contribution is -0.137. The van der Waals surface area contributed by atoms with Crippen molar-refractivity contribution in [3.05, 3.63) is 35.4 Å². The Bertz CT molecular complexity index is 362. The summed E-state index contributed by atoms with van der Waals surface area (Å²) < 4.78 is 42.4. The van der Waals surface area contributed by atoms with Gasteiger partial charge in [0.2, 0.25) is 0 Å². The minimum Gasteiger partial charge on any atom is -0.371 e. The van der Waals surface area contributed by atoms with Gasteiger partial charge in [0.05, 0.1) is 5.56 Å². The SMILES string of the molecule is COC1(c2ccc(C(F)(F)F)cc2)CNC1. The smallest absolute Gasteiger partial charge is 0.371 e. The number of benzene rings is 1. The zero-order chi connectivity index (χ0) is 11.8. The molecule has 1 saturated heterocycles. The third kappa shape index (κ3) is 1.81. The maximum Gasteiger partial charge on any atom is 0.416 e. The normalized spacial score (nSPS) is 19.2. The van der Waals surface area contributed by atoms with Gasteiger partial charge >= 0.3 is 6.18 Å². The van der Waals surface area contributed by atoms with Crippen molar-refractivity contribution < 1.29 is 17.9 Å². The maximum absolute atomic E-state index is 12.4. The van der Waals surface area contributed by atoms with Crippen LogP contribution in [0.1, 0.15) is 11.1 Å². The molecule has 0 saturated carbocycles. The minimum atomic E-state index is -4.28. The topological polar surface area (TPSA) is 21.3 Å². The number of nitrogens with one attached hydrogen (secondary N) is 1. The monoisotopic (exact) mass is 231 g/mol. The lowest BCUT2D eigenvalue weighted by Crippen LogP contribution is -2.57. The van der Waals surface area contributed by atoms with E-state index in [9.17, 15) is 13.2 Å². The van der Waals surface area contributed by atoms with E-state index in [-0.39, 0.29) is 0 Å². The van der Waals surface area contributed by atoms with E-state index in [1.165, 1.54) is 12.1 Å². The Hall–Kier alpha value is -1.07. The summed E-state index contributed by atoms with van der Waals surface area (Å²) in [6.07, 6.45) is -4.28. The highest BCUT2D eigenvalue weighted by Crippen LogP contribution is 2.33. The molecule has 16 heavy (non-hydrogen) atoms. The van der Waals surface area contributed by atoms with Crippen molar-refractivity contribution in [3.63, 3.8) is 0 Å². The summed E-state index contributed by atoms with van der Waals surface area (Å²) in [4.78, 5) is 0. The number of halogens is 3. The molecule has 1 N–H and O–H groups in total. The number of methoxy groups -OCH3 is 1. The minimum absolute atomic E-state index is 0.454. The number of hydrogen-bond acceptors (Lipinski definition) is 2. The average molecular weight is 231 g/mol. The summed E-state index contributed by atoms with van der Waals surface area (Å²) in [5.41, 5.74) is -0.305. The molecule has 0 unspecified atom stereocenters. The first-order valence-electron chi connectivity index (χ1n) is 4.91. The van der Waals surface area contributed by atoms with E-state index in [1.54, 1.807) is 7.11 Å². The molecule has 1 aliphatic rings. The lowest BCUT2D eigenvalue weighted by atomic mass is 9.87. The molecular weight excluding hydrogens is 219 g/mol. The largest absolute Gasteiger partial charge is 0.416 e. The van der Waals surface area contributed by atoms with E-state index in [4.69, 9.17) is 4.74 Å². The Balaban J connectivity index is 2.26. The first-order chi connectivity index (χ1) is 7.48. The van der Waals surface area contributed by atoms with Gasteiger partial charge in [-0.1, -0.05) is 12.1 Å². The quantitative estimate of drug-likeness (QED) is 0.842. The van der Waals surface area contributed by atoms with Crippen LogP contribution in [0.3, 0.4) is 0 Å². The first-order valence-corrected chi connectivity index (χ1v) is 4.91. The molecule has 0 aromatic heterocycles. The third-order valence-corrected chi connectivity index (χ3v) is 2.95. The Morgan fingerprint density at radius 2 is 1.75 bits per heavy atom. The van der Waals surface area contributed by atoms with E-state index in [0.717, 1.165) is 17.7 Å². The standard InChI is InChI=1S/C11H12F3NO/c1-16-10(6-15-7-10)8-2-4-9(5-3-8)11(12,13)14/h2-5,15H,6-7H2,1H3. The highest BCUT2D eigenvalue weighted by Gasteiger charge is 2.39. The number of hydrogen-bond donors (Lipinski definition) is 1. The van der Waals surface area contributed by atoms with Gasteiger partial charge in [-0.25, -0.2) is 0 Å². The Morgan fingerprint density at radius 3 is 2.06 bits per heavy atom. The second kappa shape index (κ2) is 3.75. The molecular formula is C11H12F3NO. The highest BCUT2D eigenvalue weighted by molar-refractivity contribution is 5.31. The van der Waals surface area contributed by atoms with Crippen LogP contribution in [0.15, 0.2) is 24.3 Å². The van der Waals surface area contributed by atoms with E-state index >= 15 is 0 Å². The van der Waals surface area contributed by atoms with Gasteiger partial charge in [-0.2, -0.15) is 13.2 Å². The number of rotatable bonds is 2. The van der Waals surface area contributed by atoms with E-state index in [2.05, 4.69) is 5.32 Å². The van der Waals surface area contributed by atoms with E-state index < -0.39 is 17.3 Å². The summed E-state index contributed by atoms with van der Waals surface area (Å²) in [6, 6.07) is 5.14. The fourth-order valence-electron chi connectivity index (χ4n) is 1.78. The zero-order valence-electron chi connectivity index (χ0n) is 8.77. The van der Waals surface area contributed by atoms with Gasteiger partial charge in [0.15, 0.2) is 0 Å². The molecule has 0 radical (unpaired) electrons. The van der Waals surface area contributed by atoms with Crippen molar-refractivity contribution >= 4 is 0 Å². The molecule has 2 nitrogen and oxygen atoms in total. The van der Waals surface area contributed by atoms with Gasteiger partial charge in [0.1, 0.15) is 5.60 Å². The Morgan fingerprint density at radius 1 is 1.19 bits per heavy atom. The Kier molecular flexibility index (Phi) is 2.67. The van der Waals surface area contributed by atoms with Crippen molar-refractivity contribution in [2.45, 2.75) is 11.8 Å². The van der Waals surface area contributed by atoms with Crippen molar-refractivity contribution in [3.8, 4) is 0 Å². The summed E-state index contributed by atoms with van der Waals surface area (Å²) in [6.45, 7) is 1.27. The van der Waals surface area contributed by atoms with Crippen molar-refractivity contribution in [1.82, 2.24) is 5.32 Å². The van der Waals surface area contributed by atoms with Crippen LogP contribution in [-0.4, -0.2) is 20.2 Å². The van der Waals surface area contributed by atoms with Gasteiger partial charge in [-0.05, 0) is 17.7 Å². The van der Waals surface area contributed by atoms with Crippen LogP contribution in [0.5, 0.6) is 0 Å². The molecule has 0 bridgehead atoms. The third-order valence-electron chi connectivity index (χ3n) is 2.95. The first kappa shape index (κ1) is 11.4. The van der Waals surface area contributed by atoms with Gasteiger partial charge < -0.3 is 10.1 Å². The van der Waals surface area contributed by atoms with Crippen molar-refractivity contribution in [2.24, 2.45) is 0 Å². The summed E-state index contributed by atoms with van der Waals surface area (Å²) in [5, 5.41) is 3.05. The fraction of sp³-hybridized carbons (Fsp3) is 0.455. The fourth-order valence-corrected chi connectivity index (χ4v) is 1.78. The molecule has 1 heterocycles. The molecule has 1 aliphatic heterocycles. The molecule has 0 atom stereocenters. The van der Waals surface area contributed by atoms with Crippen LogP contribution in [-0.2, 0) is 16.5 Å². The second-order valence-corrected chi connectivity index (χ2v) is 3.88. The van der Waals surface area contributed by atoms with Crippen LogP contribution in [0, 0.1) is 0 Å². The van der Waals surface area contributed by atoms with Gasteiger partial charge in [0.25, 0.3) is 0 Å². The van der Waals surface area contributed by atoms with Crippen molar-refractivity contribution in [2.75, 3.05) is 20.2 Å². The predicted octanol–water partition coefficient (Wildman–Crippen LogP) is 2.15. The van der Waals surface area contributed by atoms with Crippen molar-refractivity contribution in [1.29, 1.82) is 0 Å². The maximum atomic E-state index is 12.4. The summed E-state index contributed by atoms with van der Waals surface area (Å²) in [7, 11) is 1.57. The molecule has 5 heteroatoms. The molecule has 1 aromatic carbocycles. The van der Waals surface area contributed by atoms with Gasteiger partial charge in [-0.15, -0.1) is 0 Å². The van der Waals surface area contributed by atoms with Crippen LogP contribution < -0.4 is 5.32 Å². The predicted molar refractivity (Wildman–Crippen MR) is 53.0 cm³/mol. The molecule has 2 rings (SSSR count). The van der Waals surface area contributed by atoms with Crippen LogP contribution in [0.25, 0.3) is 0 Å². The average Bonchev–Trinajstić information content (AvgIpc) is 2.16. The number of alkyl halides is 3.